The predicted molar refractivity (Wildman–Crippen MR) is 80.0 cm³/mol. The van der Waals surface area contributed by atoms with Gasteiger partial charge in [-0.15, -0.1) is 0 Å². The van der Waals surface area contributed by atoms with E-state index in [9.17, 15) is 14.7 Å². The van der Waals surface area contributed by atoms with Crippen molar-refractivity contribution in [3.8, 4) is 0 Å². The topological polar surface area (TPSA) is 89.9 Å². The van der Waals surface area contributed by atoms with E-state index in [0.717, 1.165) is 6.42 Å². The minimum absolute atomic E-state index is 0.0423. The number of hydrogen-bond acceptors (Lipinski definition) is 3. The zero-order valence-corrected chi connectivity index (χ0v) is 13.3. The Balaban J connectivity index is 2.40. The van der Waals surface area contributed by atoms with Gasteiger partial charge in [0.05, 0.1) is 5.60 Å². The lowest BCUT2D eigenvalue weighted by Gasteiger charge is -2.36. The van der Waals surface area contributed by atoms with E-state index >= 15 is 0 Å². The molecule has 0 spiro atoms. The van der Waals surface area contributed by atoms with Crippen LogP contribution in [0.1, 0.15) is 46.5 Å². The molecule has 0 aromatic heterocycles. The number of carbonyl (C=O) groups is 2. The lowest BCUT2D eigenvalue weighted by atomic mass is 9.93. The molecule has 1 saturated heterocycles. The van der Waals surface area contributed by atoms with Crippen molar-refractivity contribution in [3.05, 3.63) is 0 Å². The molecule has 6 heteroatoms. The third kappa shape index (κ3) is 6.80. The van der Waals surface area contributed by atoms with Gasteiger partial charge in [-0.3, -0.25) is 4.79 Å². The number of hydrogen-bond donors (Lipinski definition) is 3. The van der Waals surface area contributed by atoms with Crippen LogP contribution in [0.4, 0.5) is 4.79 Å². The number of nitrogens with zero attached hydrogens (tertiary/aromatic N) is 1. The molecule has 3 N–H and O–H groups in total. The van der Waals surface area contributed by atoms with E-state index in [1.807, 2.05) is 13.8 Å². The summed E-state index contributed by atoms with van der Waals surface area (Å²) in [6.45, 7) is 7.33. The molecule has 1 fully saturated rings. The molecule has 6 nitrogen and oxygen atoms in total. The molecule has 0 aromatic rings. The molecule has 1 aliphatic heterocycles. The number of rotatable bonds is 6. The molecule has 0 unspecified atom stereocenters. The van der Waals surface area contributed by atoms with Crippen molar-refractivity contribution in [1.82, 2.24) is 10.2 Å². The lowest BCUT2D eigenvalue weighted by molar-refractivity contribution is -0.138. The van der Waals surface area contributed by atoms with Crippen molar-refractivity contribution >= 4 is 12.0 Å². The highest BCUT2D eigenvalue weighted by Gasteiger charge is 2.29. The molecule has 1 atom stereocenters. The van der Waals surface area contributed by atoms with Crippen LogP contribution in [0, 0.1) is 11.8 Å². The Morgan fingerprint density at radius 1 is 1.29 bits per heavy atom. The number of amides is 2. The van der Waals surface area contributed by atoms with Gasteiger partial charge in [-0.05, 0) is 38.0 Å². The van der Waals surface area contributed by atoms with Crippen molar-refractivity contribution < 1.29 is 19.8 Å². The third-order valence-electron chi connectivity index (χ3n) is 3.94. The maximum absolute atomic E-state index is 12.1. The van der Waals surface area contributed by atoms with E-state index in [1.165, 1.54) is 0 Å². The van der Waals surface area contributed by atoms with Crippen molar-refractivity contribution in [2.45, 2.75) is 52.1 Å². The normalized spacial score (nSPS) is 19.4. The van der Waals surface area contributed by atoms with Gasteiger partial charge in [0, 0.05) is 26.1 Å². The second-order valence-corrected chi connectivity index (χ2v) is 6.76. The average Bonchev–Trinajstić information content (AvgIpc) is 2.34. The van der Waals surface area contributed by atoms with E-state index in [4.69, 9.17) is 5.11 Å². The van der Waals surface area contributed by atoms with Gasteiger partial charge in [0.15, 0.2) is 0 Å². The fourth-order valence-corrected chi connectivity index (χ4v) is 2.69. The first-order chi connectivity index (χ1) is 9.69. The number of carboxylic acid groups (broad SMARTS) is 1. The molecule has 1 aliphatic rings. The van der Waals surface area contributed by atoms with Crippen LogP contribution in [0.5, 0.6) is 0 Å². The first-order valence-electron chi connectivity index (χ1n) is 7.66. The minimum atomic E-state index is -0.830. The van der Waals surface area contributed by atoms with Crippen LogP contribution >= 0.6 is 0 Å². The molecule has 122 valence electrons. The second kappa shape index (κ2) is 7.64. The van der Waals surface area contributed by atoms with Gasteiger partial charge < -0.3 is 20.4 Å². The van der Waals surface area contributed by atoms with Crippen LogP contribution in [0.15, 0.2) is 0 Å². The number of piperidine rings is 1. The molecule has 21 heavy (non-hydrogen) atoms. The number of aliphatic carboxylic acids is 1. The molecule has 0 aromatic carbocycles. The summed E-state index contributed by atoms with van der Waals surface area (Å²) in [6.07, 6.45) is 2.00. The fourth-order valence-electron chi connectivity index (χ4n) is 2.69. The average molecular weight is 300 g/mol. The number of urea groups is 1. The first-order valence-corrected chi connectivity index (χ1v) is 7.66. The van der Waals surface area contributed by atoms with Gasteiger partial charge in [-0.25, -0.2) is 4.79 Å². The fraction of sp³-hybridized carbons (Fsp3) is 0.867. The third-order valence-corrected chi connectivity index (χ3v) is 3.94. The second-order valence-electron chi connectivity index (χ2n) is 6.76. The van der Waals surface area contributed by atoms with E-state index < -0.39 is 11.6 Å². The van der Waals surface area contributed by atoms with E-state index in [-0.39, 0.29) is 18.4 Å². The molecule has 0 bridgehead atoms. The highest BCUT2D eigenvalue weighted by Crippen LogP contribution is 2.21. The van der Waals surface area contributed by atoms with Crippen LogP contribution in [0.2, 0.25) is 0 Å². The van der Waals surface area contributed by atoms with Crippen LogP contribution in [-0.4, -0.2) is 52.3 Å². The van der Waals surface area contributed by atoms with Crippen molar-refractivity contribution in [2.24, 2.45) is 11.8 Å². The molecule has 1 heterocycles. The van der Waals surface area contributed by atoms with Crippen LogP contribution < -0.4 is 5.32 Å². The zero-order valence-electron chi connectivity index (χ0n) is 13.3. The quantitative estimate of drug-likeness (QED) is 0.696. The first kappa shape index (κ1) is 17.8. The Morgan fingerprint density at radius 2 is 1.86 bits per heavy atom. The maximum atomic E-state index is 12.1. The largest absolute Gasteiger partial charge is 0.481 e. The summed E-state index contributed by atoms with van der Waals surface area (Å²) >= 11 is 0. The van der Waals surface area contributed by atoms with E-state index in [0.29, 0.717) is 38.4 Å². The Labute approximate surface area is 126 Å². The Hall–Kier alpha value is -1.30. The Kier molecular flexibility index (Phi) is 6.45. The summed E-state index contributed by atoms with van der Waals surface area (Å²) in [5.41, 5.74) is -0.680. The van der Waals surface area contributed by atoms with Gasteiger partial charge in [0.1, 0.15) is 0 Å². The number of aliphatic hydroxyl groups is 1. The monoisotopic (exact) mass is 300 g/mol. The molecule has 0 radical (unpaired) electrons. The summed E-state index contributed by atoms with van der Waals surface area (Å²) in [6, 6.07) is -0.162. The van der Waals surface area contributed by atoms with E-state index in [1.54, 1.807) is 11.8 Å². The van der Waals surface area contributed by atoms with E-state index in [2.05, 4.69) is 5.32 Å². The van der Waals surface area contributed by atoms with Gasteiger partial charge in [-0.1, -0.05) is 13.8 Å². The summed E-state index contributed by atoms with van der Waals surface area (Å²) in [7, 11) is 0. The van der Waals surface area contributed by atoms with Gasteiger partial charge in [0.2, 0.25) is 0 Å². The van der Waals surface area contributed by atoms with Crippen molar-refractivity contribution in [3.63, 3.8) is 0 Å². The molecule has 2 amide bonds. The van der Waals surface area contributed by atoms with Crippen LogP contribution in [-0.2, 0) is 4.79 Å². The maximum Gasteiger partial charge on any atom is 0.317 e. The Bertz CT molecular complexity index is 359. The smallest absolute Gasteiger partial charge is 0.317 e. The minimum Gasteiger partial charge on any atom is -0.481 e. The Morgan fingerprint density at radius 3 is 2.33 bits per heavy atom. The number of carbonyl (C=O) groups excluding carboxylic acids is 1. The van der Waals surface area contributed by atoms with Gasteiger partial charge >= 0.3 is 12.0 Å². The molecular formula is C15H28N2O4. The number of likely N-dealkylation sites (tertiary alicyclic amines) is 1. The van der Waals surface area contributed by atoms with Crippen molar-refractivity contribution in [1.29, 1.82) is 0 Å². The van der Waals surface area contributed by atoms with Gasteiger partial charge in [-0.2, -0.15) is 0 Å². The molecule has 1 rings (SSSR count). The SMILES string of the molecule is CC(C)C[C@H](CNC(=O)N1CCC(C)(O)CC1)CC(=O)O. The number of nitrogens with one attached hydrogen (secondary N) is 1. The molecule has 0 saturated carbocycles. The van der Waals surface area contributed by atoms with Crippen LogP contribution in [0.25, 0.3) is 0 Å². The standard InChI is InChI=1S/C15H28N2O4/c1-11(2)8-12(9-13(18)19)10-16-14(20)17-6-4-15(3,21)5-7-17/h11-12,21H,4-10H2,1-3H3,(H,16,20)(H,18,19)/t12-/m0/s1. The highest BCUT2D eigenvalue weighted by atomic mass is 16.4. The van der Waals surface area contributed by atoms with Crippen LogP contribution in [0.3, 0.4) is 0 Å². The highest BCUT2D eigenvalue weighted by molar-refractivity contribution is 5.74. The van der Waals surface area contributed by atoms with Crippen molar-refractivity contribution in [2.75, 3.05) is 19.6 Å². The summed E-state index contributed by atoms with van der Waals surface area (Å²) < 4.78 is 0. The summed E-state index contributed by atoms with van der Waals surface area (Å²) in [4.78, 5) is 24.6. The zero-order chi connectivity index (χ0) is 16.0. The molecular weight excluding hydrogens is 272 g/mol. The summed E-state index contributed by atoms with van der Waals surface area (Å²) in [5.74, 6) is -0.473. The lowest BCUT2D eigenvalue weighted by Crippen LogP contribution is -2.49. The predicted octanol–water partition coefficient (Wildman–Crippen LogP) is 1.68. The summed E-state index contributed by atoms with van der Waals surface area (Å²) in [5, 5.41) is 21.6. The number of carboxylic acids is 1. The van der Waals surface area contributed by atoms with Gasteiger partial charge in [0.25, 0.3) is 0 Å². The molecule has 0 aliphatic carbocycles.